The third-order valence-corrected chi connectivity index (χ3v) is 5.67. The first-order valence-corrected chi connectivity index (χ1v) is 10.3. The summed E-state index contributed by atoms with van der Waals surface area (Å²) in [5, 5.41) is 4.55. The molecule has 1 heterocycles. The molecule has 0 saturated heterocycles. The highest BCUT2D eigenvalue weighted by molar-refractivity contribution is 7.92. The van der Waals surface area contributed by atoms with Crippen LogP contribution in [0.15, 0.2) is 29.6 Å². The van der Waals surface area contributed by atoms with E-state index in [1.54, 1.807) is 17.5 Å². The van der Waals surface area contributed by atoms with Crippen LogP contribution in [0.25, 0.3) is 11.3 Å². The minimum Gasteiger partial charge on any atom is -0.301 e. The third-order valence-electron chi connectivity index (χ3n) is 3.30. The molecule has 1 aromatic heterocycles. The molecule has 0 radical (unpaired) electrons. The second-order valence-electron chi connectivity index (χ2n) is 5.39. The van der Waals surface area contributed by atoms with Gasteiger partial charge in [-0.1, -0.05) is 19.8 Å². The Bertz CT molecular complexity index is 786. The van der Waals surface area contributed by atoms with Crippen molar-refractivity contribution in [3.05, 3.63) is 35.5 Å². The number of nitrogens with one attached hydrogen (secondary N) is 1. The molecule has 24 heavy (non-hydrogen) atoms. The number of benzene rings is 1. The lowest BCUT2D eigenvalue weighted by Crippen LogP contribution is -2.24. The Balaban J connectivity index is 1.94. The molecule has 0 aliphatic carbocycles. The minimum atomic E-state index is -3.40. The Morgan fingerprint density at radius 1 is 1.25 bits per heavy atom. The molecule has 0 fully saturated rings. The number of unbranched alkanes of at least 4 members (excludes halogenated alkanes) is 2. The van der Waals surface area contributed by atoms with Gasteiger partial charge in [0.1, 0.15) is 11.6 Å². The van der Waals surface area contributed by atoms with Crippen molar-refractivity contribution in [2.24, 2.45) is 0 Å². The second kappa shape index (κ2) is 8.34. The van der Waals surface area contributed by atoms with E-state index >= 15 is 0 Å². The fourth-order valence-electron chi connectivity index (χ4n) is 2.08. The van der Waals surface area contributed by atoms with Gasteiger partial charge in [-0.2, -0.15) is 0 Å². The van der Waals surface area contributed by atoms with Crippen LogP contribution in [-0.4, -0.2) is 30.8 Å². The Hall–Kier alpha value is -1.80. The predicted molar refractivity (Wildman–Crippen MR) is 94.3 cm³/mol. The normalized spacial score (nSPS) is 11.4. The van der Waals surface area contributed by atoms with Gasteiger partial charge in [-0.3, -0.25) is 4.79 Å². The first kappa shape index (κ1) is 18.5. The molecule has 5 nitrogen and oxygen atoms in total. The SMILES string of the molecule is CCCCCS(=O)(=O)CC(=O)Nc1nc(-c2ccc(F)cc2)cs1. The predicted octanol–water partition coefficient (Wildman–Crippen LogP) is 3.49. The monoisotopic (exact) mass is 370 g/mol. The van der Waals surface area contributed by atoms with Crippen molar-refractivity contribution >= 4 is 32.2 Å². The quantitative estimate of drug-likeness (QED) is 0.722. The molecule has 0 unspecified atom stereocenters. The summed E-state index contributed by atoms with van der Waals surface area (Å²) in [7, 11) is -3.40. The lowest BCUT2D eigenvalue weighted by atomic mass is 10.2. The van der Waals surface area contributed by atoms with Gasteiger partial charge in [0.05, 0.1) is 11.4 Å². The number of aromatic nitrogens is 1. The van der Waals surface area contributed by atoms with E-state index in [2.05, 4.69) is 10.3 Å². The van der Waals surface area contributed by atoms with Crippen molar-refractivity contribution in [3.63, 3.8) is 0 Å². The number of carbonyl (C=O) groups excluding carboxylic acids is 1. The van der Waals surface area contributed by atoms with Crippen LogP contribution in [0.1, 0.15) is 26.2 Å². The third kappa shape index (κ3) is 5.68. The molecule has 0 atom stereocenters. The maximum absolute atomic E-state index is 12.9. The van der Waals surface area contributed by atoms with Crippen LogP contribution in [0.5, 0.6) is 0 Å². The summed E-state index contributed by atoms with van der Waals surface area (Å²) in [4.78, 5) is 16.1. The summed E-state index contributed by atoms with van der Waals surface area (Å²) in [6.07, 6.45) is 2.32. The van der Waals surface area contributed by atoms with Gasteiger partial charge in [-0.05, 0) is 30.7 Å². The molecular formula is C16H19FN2O3S2. The number of rotatable bonds is 8. The molecule has 0 saturated carbocycles. The van der Waals surface area contributed by atoms with Crippen LogP contribution < -0.4 is 5.32 Å². The van der Waals surface area contributed by atoms with E-state index in [0.29, 0.717) is 17.2 Å². The fourth-order valence-corrected chi connectivity index (χ4v) is 4.08. The fraction of sp³-hybridized carbons (Fsp3) is 0.375. The first-order valence-electron chi connectivity index (χ1n) is 7.61. The van der Waals surface area contributed by atoms with Gasteiger partial charge in [0.15, 0.2) is 15.0 Å². The summed E-state index contributed by atoms with van der Waals surface area (Å²) < 4.78 is 36.6. The zero-order chi connectivity index (χ0) is 17.6. The minimum absolute atomic E-state index is 0.0208. The highest BCUT2D eigenvalue weighted by Crippen LogP contribution is 2.25. The van der Waals surface area contributed by atoms with Crippen LogP contribution in [0.3, 0.4) is 0 Å². The highest BCUT2D eigenvalue weighted by atomic mass is 32.2. The van der Waals surface area contributed by atoms with Gasteiger partial charge < -0.3 is 5.32 Å². The number of hydrogen-bond donors (Lipinski definition) is 1. The second-order valence-corrected chi connectivity index (χ2v) is 8.43. The van der Waals surface area contributed by atoms with Gasteiger partial charge in [0, 0.05) is 10.9 Å². The van der Waals surface area contributed by atoms with Crippen molar-refractivity contribution in [2.75, 3.05) is 16.8 Å². The number of nitrogens with zero attached hydrogens (tertiary/aromatic N) is 1. The average molecular weight is 370 g/mol. The topological polar surface area (TPSA) is 76.1 Å². The van der Waals surface area contributed by atoms with Crippen LogP contribution in [0, 0.1) is 5.82 Å². The lowest BCUT2D eigenvalue weighted by Gasteiger charge is -2.04. The number of hydrogen-bond acceptors (Lipinski definition) is 5. The average Bonchev–Trinajstić information content (AvgIpc) is 2.95. The molecule has 1 N–H and O–H groups in total. The first-order chi connectivity index (χ1) is 11.4. The standard InChI is InChI=1S/C16H19FN2O3S2/c1-2-3-4-9-24(21,22)11-15(20)19-16-18-14(10-23-16)12-5-7-13(17)8-6-12/h5-8,10H,2-4,9,11H2,1H3,(H,18,19,20). The van der Waals surface area contributed by atoms with E-state index in [4.69, 9.17) is 0 Å². The van der Waals surface area contributed by atoms with Crippen LogP contribution >= 0.6 is 11.3 Å². The van der Waals surface area contributed by atoms with Gasteiger partial charge in [-0.25, -0.2) is 17.8 Å². The van der Waals surface area contributed by atoms with Crippen LogP contribution in [-0.2, 0) is 14.6 Å². The number of thiazole rings is 1. The molecule has 0 aliphatic rings. The Morgan fingerprint density at radius 3 is 2.62 bits per heavy atom. The summed E-state index contributed by atoms with van der Waals surface area (Å²) in [6, 6.07) is 5.84. The number of halogens is 1. The lowest BCUT2D eigenvalue weighted by molar-refractivity contribution is -0.113. The Morgan fingerprint density at radius 2 is 1.96 bits per heavy atom. The summed E-state index contributed by atoms with van der Waals surface area (Å²) in [5.74, 6) is -1.45. The summed E-state index contributed by atoms with van der Waals surface area (Å²) in [6.45, 7) is 1.99. The van der Waals surface area contributed by atoms with E-state index in [1.807, 2.05) is 6.92 Å². The molecule has 1 aromatic carbocycles. The van der Waals surface area contributed by atoms with Crippen molar-refractivity contribution in [3.8, 4) is 11.3 Å². The van der Waals surface area contributed by atoms with Crippen molar-refractivity contribution in [1.82, 2.24) is 4.98 Å². The van der Waals surface area contributed by atoms with Crippen molar-refractivity contribution in [2.45, 2.75) is 26.2 Å². The van der Waals surface area contributed by atoms with Crippen molar-refractivity contribution < 1.29 is 17.6 Å². The molecule has 0 spiro atoms. The molecule has 8 heteroatoms. The number of sulfone groups is 1. The van der Waals surface area contributed by atoms with E-state index in [0.717, 1.165) is 18.4 Å². The maximum Gasteiger partial charge on any atom is 0.241 e. The molecular weight excluding hydrogens is 351 g/mol. The maximum atomic E-state index is 12.9. The van der Waals surface area contributed by atoms with Crippen LogP contribution in [0.2, 0.25) is 0 Å². The molecule has 2 aromatic rings. The largest absolute Gasteiger partial charge is 0.301 e. The number of carbonyl (C=O) groups is 1. The van der Waals surface area contributed by atoms with Crippen LogP contribution in [0.4, 0.5) is 9.52 Å². The van der Waals surface area contributed by atoms with Gasteiger partial charge in [0.2, 0.25) is 5.91 Å². The number of anilines is 1. The molecule has 1 amide bonds. The Labute approximate surface area is 144 Å². The number of amides is 1. The van der Waals surface area contributed by atoms with E-state index < -0.39 is 21.5 Å². The van der Waals surface area contributed by atoms with Gasteiger partial charge >= 0.3 is 0 Å². The van der Waals surface area contributed by atoms with E-state index in [9.17, 15) is 17.6 Å². The van der Waals surface area contributed by atoms with E-state index in [1.165, 1.54) is 23.5 Å². The van der Waals surface area contributed by atoms with E-state index in [-0.39, 0.29) is 11.6 Å². The Kier molecular flexibility index (Phi) is 6.44. The van der Waals surface area contributed by atoms with Gasteiger partial charge in [0.25, 0.3) is 0 Å². The van der Waals surface area contributed by atoms with Gasteiger partial charge in [-0.15, -0.1) is 11.3 Å². The smallest absolute Gasteiger partial charge is 0.241 e. The molecule has 0 aliphatic heterocycles. The highest BCUT2D eigenvalue weighted by Gasteiger charge is 2.17. The zero-order valence-electron chi connectivity index (χ0n) is 13.3. The van der Waals surface area contributed by atoms with Crippen molar-refractivity contribution in [1.29, 1.82) is 0 Å². The molecule has 130 valence electrons. The zero-order valence-corrected chi connectivity index (χ0v) is 14.9. The molecule has 2 rings (SSSR count). The molecule has 0 bridgehead atoms. The summed E-state index contributed by atoms with van der Waals surface area (Å²) >= 11 is 1.19. The summed E-state index contributed by atoms with van der Waals surface area (Å²) in [5.41, 5.74) is 1.32.